The average Bonchev–Trinajstić information content (AvgIpc) is 3.45. The molecule has 7 heteroatoms. The molecule has 2 aromatic carbocycles. The third kappa shape index (κ3) is 5.46. The fraction of sp³-hybridized carbons (Fsp3) is 0.286. The summed E-state index contributed by atoms with van der Waals surface area (Å²) in [6.07, 6.45) is 2.18. The zero-order valence-electron chi connectivity index (χ0n) is 20.2. The Kier molecular flexibility index (Phi) is 7.36. The van der Waals surface area contributed by atoms with Gasteiger partial charge in [-0.05, 0) is 75.9 Å². The summed E-state index contributed by atoms with van der Waals surface area (Å²) in [5, 5.41) is 11.1. The van der Waals surface area contributed by atoms with Gasteiger partial charge in [-0.2, -0.15) is 0 Å². The molecule has 1 aliphatic heterocycles. The van der Waals surface area contributed by atoms with Gasteiger partial charge in [0, 0.05) is 12.1 Å². The van der Waals surface area contributed by atoms with Crippen molar-refractivity contribution in [3.05, 3.63) is 95.0 Å². The van der Waals surface area contributed by atoms with E-state index in [1.54, 1.807) is 36.4 Å². The predicted molar refractivity (Wildman–Crippen MR) is 133 cm³/mol. The molecule has 0 bridgehead atoms. The van der Waals surface area contributed by atoms with Crippen LogP contribution < -0.4 is 4.74 Å². The lowest BCUT2D eigenvalue weighted by Crippen LogP contribution is -2.32. The van der Waals surface area contributed by atoms with Crippen LogP contribution in [0.3, 0.4) is 0 Å². The topological polar surface area (TPSA) is 83.2 Å². The van der Waals surface area contributed by atoms with Gasteiger partial charge in [0.15, 0.2) is 0 Å². The second kappa shape index (κ2) is 10.6. The fourth-order valence-corrected chi connectivity index (χ4v) is 4.24. The number of benzene rings is 2. The first kappa shape index (κ1) is 24.3. The minimum Gasteiger partial charge on any atom is -0.507 e. The molecule has 3 aromatic rings. The maximum Gasteiger partial charge on any atom is 0.295 e. The molecule has 0 unspecified atom stereocenters. The maximum atomic E-state index is 13.0. The van der Waals surface area contributed by atoms with Gasteiger partial charge < -0.3 is 24.1 Å². The molecule has 2 heterocycles. The number of likely N-dealkylation sites (tertiary alicyclic amines) is 1. The number of hydrogen-bond donors (Lipinski definition) is 1. The smallest absolute Gasteiger partial charge is 0.295 e. The van der Waals surface area contributed by atoms with Gasteiger partial charge in [-0.1, -0.05) is 29.8 Å². The van der Waals surface area contributed by atoms with E-state index in [-0.39, 0.29) is 11.3 Å². The van der Waals surface area contributed by atoms with Crippen molar-refractivity contribution in [2.45, 2.75) is 26.0 Å². The van der Waals surface area contributed by atoms with Gasteiger partial charge in [-0.25, -0.2) is 0 Å². The van der Waals surface area contributed by atoms with Crippen LogP contribution in [0.15, 0.2) is 76.9 Å². The summed E-state index contributed by atoms with van der Waals surface area (Å²) in [6, 6.07) is 17.6. The molecule has 1 atom stereocenters. The molecule has 35 heavy (non-hydrogen) atoms. The summed E-state index contributed by atoms with van der Waals surface area (Å²) in [7, 11) is 3.90. The molecule has 1 aliphatic rings. The highest BCUT2D eigenvalue weighted by molar-refractivity contribution is 6.46. The molecule has 4 rings (SSSR count). The summed E-state index contributed by atoms with van der Waals surface area (Å²) in [5.41, 5.74) is 2.68. The molecule has 182 valence electrons. The second-order valence-electron chi connectivity index (χ2n) is 8.97. The Morgan fingerprint density at radius 3 is 2.51 bits per heavy atom. The third-order valence-corrected chi connectivity index (χ3v) is 5.97. The average molecular weight is 475 g/mol. The molecule has 0 radical (unpaired) electrons. The van der Waals surface area contributed by atoms with Crippen LogP contribution in [0.1, 0.15) is 34.9 Å². The first-order valence-electron chi connectivity index (χ1n) is 11.6. The monoisotopic (exact) mass is 474 g/mol. The zero-order valence-corrected chi connectivity index (χ0v) is 20.2. The Bertz CT molecular complexity index is 1210. The molecule has 1 aromatic heterocycles. The lowest BCUT2D eigenvalue weighted by atomic mass is 9.99. The summed E-state index contributed by atoms with van der Waals surface area (Å²) in [6.45, 7) is 3.58. The van der Waals surface area contributed by atoms with Crippen molar-refractivity contribution in [2.75, 3.05) is 27.2 Å². The van der Waals surface area contributed by atoms with Crippen molar-refractivity contribution in [3.8, 4) is 5.75 Å². The summed E-state index contributed by atoms with van der Waals surface area (Å²) >= 11 is 0. The number of carbonyl (C=O) groups is 2. The molecule has 0 spiro atoms. The van der Waals surface area contributed by atoms with Crippen LogP contribution in [0.5, 0.6) is 5.75 Å². The first-order valence-corrected chi connectivity index (χ1v) is 11.6. The molecule has 1 fully saturated rings. The van der Waals surface area contributed by atoms with Gasteiger partial charge in [0.25, 0.3) is 11.7 Å². The highest BCUT2D eigenvalue weighted by Gasteiger charge is 2.47. The molecule has 1 N–H and O–H groups in total. The highest BCUT2D eigenvalue weighted by Crippen LogP contribution is 2.39. The van der Waals surface area contributed by atoms with Gasteiger partial charge in [-0.3, -0.25) is 9.59 Å². The number of aliphatic hydroxyl groups excluding tert-OH is 1. The van der Waals surface area contributed by atoms with E-state index >= 15 is 0 Å². The van der Waals surface area contributed by atoms with Crippen LogP contribution in [0.25, 0.3) is 5.76 Å². The number of nitrogens with zero attached hydrogens (tertiary/aromatic N) is 2. The predicted octanol–water partition coefficient (Wildman–Crippen LogP) is 4.54. The molecule has 0 saturated carbocycles. The number of ether oxygens (including phenoxy) is 1. The maximum absolute atomic E-state index is 13.0. The molecular formula is C28H30N2O5. The van der Waals surface area contributed by atoms with Crippen LogP contribution in [0.2, 0.25) is 0 Å². The third-order valence-electron chi connectivity index (χ3n) is 5.97. The summed E-state index contributed by atoms with van der Waals surface area (Å²) in [5.74, 6) is -0.507. The van der Waals surface area contributed by atoms with Gasteiger partial charge in [0.1, 0.15) is 29.9 Å². The van der Waals surface area contributed by atoms with Crippen molar-refractivity contribution in [1.82, 2.24) is 9.80 Å². The number of Topliss-reactive ketones (excluding diaryl/α,β-unsaturated/α-hetero) is 1. The Labute approximate surface area is 205 Å². The van der Waals surface area contributed by atoms with Gasteiger partial charge >= 0.3 is 0 Å². The number of amides is 1. The highest BCUT2D eigenvalue weighted by atomic mass is 16.5. The van der Waals surface area contributed by atoms with E-state index in [0.29, 0.717) is 36.6 Å². The minimum atomic E-state index is -0.774. The molecular weight excluding hydrogens is 444 g/mol. The van der Waals surface area contributed by atoms with Crippen molar-refractivity contribution in [2.24, 2.45) is 0 Å². The van der Waals surface area contributed by atoms with Crippen LogP contribution in [0, 0.1) is 6.92 Å². The van der Waals surface area contributed by atoms with Crippen LogP contribution in [0.4, 0.5) is 0 Å². The van der Waals surface area contributed by atoms with E-state index in [9.17, 15) is 14.7 Å². The normalized spacial score (nSPS) is 17.4. The Hall–Kier alpha value is -3.84. The van der Waals surface area contributed by atoms with Crippen molar-refractivity contribution in [3.63, 3.8) is 0 Å². The van der Waals surface area contributed by atoms with E-state index in [0.717, 1.165) is 17.7 Å². The number of aliphatic hydroxyl groups is 1. The Morgan fingerprint density at radius 2 is 1.86 bits per heavy atom. The lowest BCUT2D eigenvalue weighted by Gasteiger charge is -2.24. The standard InChI is InChI=1S/C28H30N2O5/c1-19-7-4-8-20(17-19)18-35-22-12-10-21(11-13-22)26(31)24-25(23-9-5-16-34-23)30(28(33)27(24)32)15-6-14-29(2)3/h4-5,7-13,16-17,25,31H,6,14-15,18H2,1-3H3/b26-24+/t25-/m0/s1. The number of rotatable bonds is 9. The van der Waals surface area contributed by atoms with Crippen LogP contribution >= 0.6 is 0 Å². The summed E-state index contributed by atoms with van der Waals surface area (Å²) in [4.78, 5) is 29.4. The Balaban J connectivity index is 1.58. The second-order valence-corrected chi connectivity index (χ2v) is 8.97. The summed E-state index contributed by atoms with van der Waals surface area (Å²) < 4.78 is 11.4. The van der Waals surface area contributed by atoms with Crippen molar-refractivity contribution < 1.29 is 23.8 Å². The van der Waals surface area contributed by atoms with Gasteiger partial charge in [0.2, 0.25) is 0 Å². The molecule has 1 amide bonds. The van der Waals surface area contributed by atoms with Crippen LogP contribution in [-0.2, 0) is 16.2 Å². The van der Waals surface area contributed by atoms with Crippen LogP contribution in [-0.4, -0.2) is 53.8 Å². The van der Waals surface area contributed by atoms with E-state index in [4.69, 9.17) is 9.15 Å². The van der Waals surface area contributed by atoms with Gasteiger partial charge in [0.05, 0.1) is 11.8 Å². The van der Waals surface area contributed by atoms with Crippen molar-refractivity contribution in [1.29, 1.82) is 0 Å². The van der Waals surface area contributed by atoms with Crippen molar-refractivity contribution >= 4 is 17.4 Å². The van der Waals surface area contributed by atoms with E-state index in [2.05, 4.69) is 6.07 Å². The lowest BCUT2D eigenvalue weighted by molar-refractivity contribution is -0.140. The minimum absolute atomic E-state index is 0.0308. The SMILES string of the molecule is Cc1cccc(COc2ccc(/C(O)=C3\C(=O)C(=O)N(CCCN(C)C)[C@H]3c3ccco3)cc2)c1. The molecule has 1 saturated heterocycles. The number of furan rings is 1. The quantitative estimate of drug-likeness (QED) is 0.279. The zero-order chi connectivity index (χ0) is 24.9. The number of ketones is 1. The molecule has 7 nitrogen and oxygen atoms in total. The Morgan fingerprint density at radius 1 is 1.09 bits per heavy atom. The fourth-order valence-electron chi connectivity index (χ4n) is 4.24. The number of carbonyl (C=O) groups excluding carboxylic acids is 2. The number of hydrogen-bond acceptors (Lipinski definition) is 6. The van der Waals surface area contributed by atoms with Gasteiger partial charge in [-0.15, -0.1) is 0 Å². The van der Waals surface area contributed by atoms with E-state index in [1.165, 1.54) is 11.2 Å². The number of aryl methyl sites for hydroxylation is 1. The largest absolute Gasteiger partial charge is 0.507 e. The first-order chi connectivity index (χ1) is 16.8. The van der Waals surface area contributed by atoms with E-state index in [1.807, 2.05) is 44.1 Å². The van der Waals surface area contributed by atoms with E-state index < -0.39 is 17.7 Å². The molecule has 0 aliphatic carbocycles.